The predicted octanol–water partition coefficient (Wildman–Crippen LogP) is 4.94. The first kappa shape index (κ1) is 25.3. The highest BCUT2D eigenvalue weighted by Crippen LogP contribution is 2.32. The lowest BCUT2D eigenvalue weighted by atomic mass is 9.97. The average molecular weight is 497 g/mol. The highest BCUT2D eigenvalue weighted by atomic mass is 32.2. The molecule has 182 valence electrons. The number of furan rings is 1. The fourth-order valence-electron chi connectivity index (χ4n) is 3.28. The maximum atomic E-state index is 13.4. The van der Waals surface area contributed by atoms with E-state index in [1.165, 1.54) is 17.0 Å². The fraction of sp³-hybridized carbons (Fsp3) is 0.304. The van der Waals surface area contributed by atoms with Crippen LogP contribution in [-0.4, -0.2) is 44.6 Å². The first-order valence-corrected chi connectivity index (χ1v) is 11.7. The summed E-state index contributed by atoms with van der Waals surface area (Å²) in [6.45, 7) is 1.98. The van der Waals surface area contributed by atoms with Crippen LogP contribution in [0.3, 0.4) is 0 Å². The summed E-state index contributed by atoms with van der Waals surface area (Å²) in [7, 11) is -2.63. The molecule has 0 atom stereocenters. The molecule has 34 heavy (non-hydrogen) atoms. The maximum Gasteiger partial charge on any atom is 0.534 e. The number of rotatable bonds is 8. The highest BCUT2D eigenvalue weighted by Gasteiger charge is 2.48. The molecular formula is C23H22F3NO6S. The molecule has 1 amide bonds. The van der Waals surface area contributed by atoms with Gasteiger partial charge in [0.1, 0.15) is 17.1 Å². The van der Waals surface area contributed by atoms with Crippen LogP contribution in [0.1, 0.15) is 51.8 Å². The van der Waals surface area contributed by atoms with E-state index in [0.29, 0.717) is 28.7 Å². The van der Waals surface area contributed by atoms with Crippen molar-refractivity contribution < 1.29 is 39.8 Å². The predicted molar refractivity (Wildman–Crippen MR) is 118 cm³/mol. The molecule has 0 spiro atoms. The molecule has 0 N–H and O–H groups in total. The Morgan fingerprint density at radius 2 is 1.65 bits per heavy atom. The van der Waals surface area contributed by atoms with E-state index in [4.69, 9.17) is 4.42 Å². The summed E-state index contributed by atoms with van der Waals surface area (Å²) in [5.41, 5.74) is -4.47. The molecule has 0 bridgehead atoms. The molecule has 0 fully saturated rings. The quantitative estimate of drug-likeness (QED) is 0.249. The number of aryl methyl sites for hydroxylation is 1. The van der Waals surface area contributed by atoms with Crippen molar-refractivity contribution >= 4 is 32.8 Å². The summed E-state index contributed by atoms with van der Waals surface area (Å²) in [6, 6.07) is 9.03. The van der Waals surface area contributed by atoms with E-state index in [2.05, 4.69) is 4.18 Å². The van der Waals surface area contributed by atoms with Gasteiger partial charge >= 0.3 is 15.6 Å². The summed E-state index contributed by atoms with van der Waals surface area (Å²) >= 11 is 0. The number of hydrogen-bond donors (Lipinski definition) is 0. The van der Waals surface area contributed by atoms with E-state index in [9.17, 15) is 31.2 Å². The van der Waals surface area contributed by atoms with Gasteiger partial charge in [0, 0.05) is 37.0 Å². The van der Waals surface area contributed by atoms with Gasteiger partial charge in [-0.05, 0) is 48.9 Å². The van der Waals surface area contributed by atoms with Gasteiger partial charge in [0.2, 0.25) is 0 Å². The first-order chi connectivity index (χ1) is 15.9. The number of ketones is 1. The minimum atomic E-state index is -5.83. The minimum absolute atomic E-state index is 0.0848. The van der Waals surface area contributed by atoms with Crippen molar-refractivity contribution in [3.05, 3.63) is 64.9 Å². The highest BCUT2D eigenvalue weighted by molar-refractivity contribution is 7.88. The van der Waals surface area contributed by atoms with Crippen molar-refractivity contribution in [3.8, 4) is 5.75 Å². The molecule has 2 aromatic carbocycles. The van der Waals surface area contributed by atoms with Gasteiger partial charge in [-0.15, -0.1) is 0 Å². The Hall–Kier alpha value is -3.34. The van der Waals surface area contributed by atoms with Gasteiger partial charge in [-0.2, -0.15) is 21.6 Å². The minimum Gasteiger partial charge on any atom is -0.460 e. The van der Waals surface area contributed by atoms with Gasteiger partial charge in [-0.3, -0.25) is 9.59 Å². The zero-order valence-electron chi connectivity index (χ0n) is 18.6. The Balaban J connectivity index is 2.03. The smallest absolute Gasteiger partial charge is 0.460 e. The van der Waals surface area contributed by atoms with Crippen LogP contribution in [0.4, 0.5) is 13.2 Å². The summed E-state index contributed by atoms with van der Waals surface area (Å²) in [5, 5.41) is 0.434. The van der Waals surface area contributed by atoms with Crippen LogP contribution in [0.2, 0.25) is 0 Å². The Morgan fingerprint density at radius 1 is 1.03 bits per heavy atom. The molecule has 0 radical (unpaired) electrons. The summed E-state index contributed by atoms with van der Waals surface area (Å²) in [6.07, 6.45) is 2.05. The van der Waals surface area contributed by atoms with Crippen molar-refractivity contribution in [1.29, 1.82) is 0 Å². The van der Waals surface area contributed by atoms with Crippen molar-refractivity contribution in [2.24, 2.45) is 0 Å². The Morgan fingerprint density at radius 3 is 2.21 bits per heavy atom. The number of nitrogens with zero attached hydrogens (tertiary/aromatic N) is 1. The zero-order chi connectivity index (χ0) is 25.3. The van der Waals surface area contributed by atoms with Gasteiger partial charge in [0.15, 0.2) is 5.78 Å². The molecule has 0 aliphatic rings. The summed E-state index contributed by atoms with van der Waals surface area (Å²) < 4.78 is 70.0. The normalized spacial score (nSPS) is 12.1. The molecule has 1 heterocycles. The van der Waals surface area contributed by atoms with Gasteiger partial charge in [-0.25, -0.2) is 0 Å². The first-order valence-electron chi connectivity index (χ1n) is 10.3. The summed E-state index contributed by atoms with van der Waals surface area (Å²) in [5.74, 6) is -0.902. The van der Waals surface area contributed by atoms with Gasteiger partial charge in [-0.1, -0.05) is 13.3 Å². The van der Waals surface area contributed by atoms with Gasteiger partial charge in [0.05, 0.1) is 5.56 Å². The van der Waals surface area contributed by atoms with Crippen molar-refractivity contribution in [2.75, 3.05) is 14.1 Å². The molecule has 0 aliphatic carbocycles. The third kappa shape index (κ3) is 5.09. The van der Waals surface area contributed by atoms with Gasteiger partial charge < -0.3 is 13.5 Å². The molecular weight excluding hydrogens is 475 g/mol. The second kappa shape index (κ2) is 9.49. The van der Waals surface area contributed by atoms with E-state index in [1.807, 2.05) is 6.92 Å². The molecule has 1 aromatic heterocycles. The van der Waals surface area contributed by atoms with E-state index >= 15 is 0 Å². The number of benzene rings is 2. The van der Waals surface area contributed by atoms with E-state index in [1.54, 1.807) is 32.3 Å². The van der Waals surface area contributed by atoms with E-state index < -0.39 is 27.2 Å². The maximum absolute atomic E-state index is 13.4. The lowest BCUT2D eigenvalue weighted by molar-refractivity contribution is -0.0500. The van der Waals surface area contributed by atoms with Crippen molar-refractivity contribution in [1.82, 2.24) is 4.90 Å². The fourth-order valence-corrected chi connectivity index (χ4v) is 3.74. The Labute approximate surface area is 194 Å². The topological polar surface area (TPSA) is 93.9 Å². The number of alkyl halides is 3. The SMILES string of the molecule is CCCCc1oc2ccc(C(=O)N(C)C)cc2c1C(=O)c1ccc(OS(=O)(=O)C(F)(F)F)cc1. The molecule has 3 aromatic rings. The molecule has 11 heteroatoms. The molecule has 0 unspecified atom stereocenters. The van der Waals surface area contributed by atoms with Crippen LogP contribution in [-0.2, 0) is 16.5 Å². The Bertz CT molecular complexity index is 1330. The zero-order valence-corrected chi connectivity index (χ0v) is 19.4. The van der Waals surface area contributed by atoms with E-state index in [-0.39, 0.29) is 17.0 Å². The third-order valence-corrected chi connectivity index (χ3v) is 5.98. The van der Waals surface area contributed by atoms with Gasteiger partial charge in [0.25, 0.3) is 5.91 Å². The third-order valence-electron chi connectivity index (χ3n) is 5.00. The van der Waals surface area contributed by atoms with Crippen LogP contribution in [0.5, 0.6) is 5.75 Å². The van der Waals surface area contributed by atoms with Crippen LogP contribution in [0.15, 0.2) is 46.9 Å². The largest absolute Gasteiger partial charge is 0.534 e. The van der Waals surface area contributed by atoms with E-state index in [0.717, 1.165) is 25.0 Å². The van der Waals surface area contributed by atoms with Crippen LogP contribution in [0, 0.1) is 0 Å². The second-order valence-corrected chi connectivity index (χ2v) is 9.29. The average Bonchev–Trinajstić information content (AvgIpc) is 3.13. The lowest BCUT2D eigenvalue weighted by Crippen LogP contribution is -2.28. The second-order valence-electron chi connectivity index (χ2n) is 7.75. The number of fused-ring (bicyclic) bond motifs is 1. The standard InChI is InChI=1S/C23H22F3NO6S/c1-4-5-6-19-20(17-13-15(22(29)27(2)3)9-12-18(17)32-19)21(28)14-7-10-16(11-8-14)33-34(30,31)23(24,25)26/h7-13H,4-6H2,1-3H3. The molecule has 0 saturated carbocycles. The number of halogens is 3. The van der Waals surface area contributed by atoms with Crippen LogP contribution < -0.4 is 4.18 Å². The number of carbonyl (C=O) groups excluding carboxylic acids is 2. The number of amides is 1. The number of unbranched alkanes of at least 4 members (excludes halogenated alkanes) is 1. The van der Waals surface area contributed by atoms with Crippen LogP contribution >= 0.6 is 0 Å². The number of hydrogen-bond acceptors (Lipinski definition) is 6. The molecule has 0 aliphatic heterocycles. The lowest BCUT2D eigenvalue weighted by Gasteiger charge is -2.10. The Kier molecular flexibility index (Phi) is 7.06. The molecule has 7 nitrogen and oxygen atoms in total. The van der Waals surface area contributed by atoms with Crippen LogP contribution in [0.25, 0.3) is 11.0 Å². The van der Waals surface area contributed by atoms with Crippen molar-refractivity contribution in [3.63, 3.8) is 0 Å². The monoisotopic (exact) mass is 497 g/mol. The molecule has 3 rings (SSSR count). The van der Waals surface area contributed by atoms with Crippen molar-refractivity contribution in [2.45, 2.75) is 31.7 Å². The molecule has 0 saturated heterocycles. The summed E-state index contributed by atoms with van der Waals surface area (Å²) in [4.78, 5) is 27.2. The number of carbonyl (C=O) groups is 2.